The number of carbonyl (C=O) groups is 1. The van der Waals surface area contributed by atoms with Crippen LogP contribution in [0.5, 0.6) is 0 Å². The average Bonchev–Trinajstić information content (AvgIpc) is 3.37. The number of hydrogen-bond acceptors (Lipinski definition) is 3. The highest BCUT2D eigenvalue weighted by Gasteiger charge is 2.28. The van der Waals surface area contributed by atoms with E-state index in [1.807, 2.05) is 28.9 Å². The molecule has 5 rings (SSSR count). The summed E-state index contributed by atoms with van der Waals surface area (Å²) in [7, 11) is 1.92. The lowest BCUT2D eigenvalue weighted by Gasteiger charge is -2.32. The van der Waals surface area contributed by atoms with Gasteiger partial charge in [0.15, 0.2) is 0 Å². The van der Waals surface area contributed by atoms with Gasteiger partial charge < -0.3 is 9.88 Å². The van der Waals surface area contributed by atoms with E-state index in [1.54, 1.807) is 0 Å². The third kappa shape index (κ3) is 2.44. The summed E-state index contributed by atoms with van der Waals surface area (Å²) in [6, 6.07) is 10.4. The first-order valence-corrected chi connectivity index (χ1v) is 9.79. The Morgan fingerprint density at radius 1 is 1.35 bits per heavy atom. The van der Waals surface area contributed by atoms with Crippen LogP contribution in [-0.2, 0) is 7.05 Å². The second-order valence-electron chi connectivity index (χ2n) is 7.02. The maximum Gasteiger partial charge on any atom is 0.264 e. The lowest BCUT2D eigenvalue weighted by atomic mass is 9.90. The quantitative estimate of drug-likeness (QED) is 0.581. The number of H-pyrrole nitrogens is 1. The van der Waals surface area contributed by atoms with Gasteiger partial charge in [-0.05, 0) is 30.5 Å². The van der Waals surface area contributed by atoms with Crippen molar-refractivity contribution in [3.8, 4) is 0 Å². The summed E-state index contributed by atoms with van der Waals surface area (Å²) in [5.41, 5.74) is 2.50. The number of hydrogen-bond donors (Lipinski definition) is 1. The van der Waals surface area contributed by atoms with E-state index >= 15 is 0 Å². The number of carbonyl (C=O) groups excluding carboxylic acids is 1. The molecule has 1 fully saturated rings. The number of para-hydroxylation sites is 1. The van der Waals surface area contributed by atoms with Crippen LogP contribution in [0.4, 0.5) is 0 Å². The third-order valence-electron chi connectivity index (χ3n) is 5.38. The molecule has 1 atom stereocenters. The minimum atomic E-state index is 0.149. The van der Waals surface area contributed by atoms with Crippen LogP contribution in [0.3, 0.4) is 0 Å². The summed E-state index contributed by atoms with van der Waals surface area (Å²) in [6.07, 6.45) is 6.12. The van der Waals surface area contributed by atoms with E-state index in [2.05, 4.69) is 40.5 Å². The number of benzene rings is 1. The molecule has 0 saturated carbocycles. The Labute approximate surface area is 155 Å². The van der Waals surface area contributed by atoms with Gasteiger partial charge in [0.1, 0.15) is 4.83 Å². The largest absolute Gasteiger partial charge is 0.361 e. The highest BCUT2D eigenvalue weighted by molar-refractivity contribution is 7.20. The second kappa shape index (κ2) is 5.99. The molecule has 4 aromatic rings. The fourth-order valence-electron chi connectivity index (χ4n) is 4.05. The highest BCUT2D eigenvalue weighted by atomic mass is 32.1. The van der Waals surface area contributed by atoms with Gasteiger partial charge in [-0.15, -0.1) is 11.3 Å². The lowest BCUT2D eigenvalue weighted by Crippen LogP contribution is -2.38. The average molecular weight is 364 g/mol. The molecule has 132 valence electrons. The van der Waals surface area contributed by atoms with Crippen molar-refractivity contribution in [1.29, 1.82) is 0 Å². The van der Waals surface area contributed by atoms with Crippen LogP contribution in [0, 0.1) is 0 Å². The summed E-state index contributed by atoms with van der Waals surface area (Å²) in [5.74, 6) is 0.538. The lowest BCUT2D eigenvalue weighted by molar-refractivity contribution is 0.0712. The topological polar surface area (TPSA) is 53.9 Å². The summed E-state index contributed by atoms with van der Waals surface area (Å²) >= 11 is 1.54. The fraction of sp³-hybridized carbons (Fsp3) is 0.300. The minimum Gasteiger partial charge on any atom is -0.361 e. The Morgan fingerprint density at radius 2 is 2.23 bits per heavy atom. The molecule has 1 N–H and O–H groups in total. The van der Waals surface area contributed by atoms with Crippen molar-refractivity contribution in [3.05, 3.63) is 53.2 Å². The van der Waals surface area contributed by atoms with Crippen LogP contribution in [0.1, 0.15) is 34.0 Å². The molecule has 3 aromatic heterocycles. The van der Waals surface area contributed by atoms with E-state index in [0.29, 0.717) is 5.92 Å². The zero-order chi connectivity index (χ0) is 17.7. The first-order chi connectivity index (χ1) is 12.7. The molecule has 1 saturated heterocycles. The van der Waals surface area contributed by atoms with Crippen molar-refractivity contribution < 1.29 is 4.79 Å². The Hall–Kier alpha value is -2.60. The van der Waals surface area contributed by atoms with Gasteiger partial charge in [0.05, 0.1) is 11.1 Å². The molecule has 1 aliphatic rings. The maximum atomic E-state index is 13.1. The summed E-state index contributed by atoms with van der Waals surface area (Å²) in [4.78, 5) is 20.3. The van der Waals surface area contributed by atoms with Crippen LogP contribution in [0.15, 0.2) is 42.7 Å². The summed E-state index contributed by atoms with van der Waals surface area (Å²) < 4.78 is 1.84. The predicted molar refractivity (Wildman–Crippen MR) is 105 cm³/mol. The number of aryl methyl sites for hydroxylation is 1. The van der Waals surface area contributed by atoms with Gasteiger partial charge in [-0.3, -0.25) is 9.48 Å². The third-order valence-corrected chi connectivity index (χ3v) is 6.59. The number of fused-ring (bicyclic) bond motifs is 2. The maximum absolute atomic E-state index is 13.1. The van der Waals surface area contributed by atoms with Gasteiger partial charge in [-0.2, -0.15) is 5.10 Å². The zero-order valence-electron chi connectivity index (χ0n) is 14.6. The van der Waals surface area contributed by atoms with Crippen molar-refractivity contribution in [2.45, 2.75) is 18.8 Å². The molecule has 1 unspecified atom stereocenters. The molecule has 6 heteroatoms. The van der Waals surface area contributed by atoms with Crippen molar-refractivity contribution >= 4 is 38.4 Å². The molecule has 0 aliphatic carbocycles. The van der Waals surface area contributed by atoms with E-state index in [1.165, 1.54) is 27.8 Å². The molecule has 0 radical (unpaired) electrons. The first kappa shape index (κ1) is 15.6. The normalized spacial score (nSPS) is 18.0. The molecule has 26 heavy (non-hydrogen) atoms. The predicted octanol–water partition coefficient (Wildman–Crippen LogP) is 4.14. The second-order valence-corrected chi connectivity index (χ2v) is 8.05. The van der Waals surface area contributed by atoms with Crippen molar-refractivity contribution in [2.75, 3.05) is 13.1 Å². The molecule has 4 heterocycles. The van der Waals surface area contributed by atoms with Gasteiger partial charge in [-0.25, -0.2) is 0 Å². The Bertz CT molecular complexity index is 1110. The Balaban J connectivity index is 1.42. The number of aromatic nitrogens is 3. The molecule has 5 nitrogen and oxygen atoms in total. The number of piperidine rings is 1. The number of rotatable bonds is 2. The number of aromatic amines is 1. The molecule has 1 aliphatic heterocycles. The first-order valence-electron chi connectivity index (χ1n) is 8.97. The highest BCUT2D eigenvalue weighted by Crippen LogP contribution is 2.33. The Kier molecular flexibility index (Phi) is 3.60. The Morgan fingerprint density at radius 3 is 3.12 bits per heavy atom. The minimum absolute atomic E-state index is 0.149. The van der Waals surface area contributed by atoms with Gasteiger partial charge in [0.25, 0.3) is 5.91 Å². The smallest absolute Gasteiger partial charge is 0.264 e. The van der Waals surface area contributed by atoms with E-state index in [-0.39, 0.29) is 5.91 Å². The van der Waals surface area contributed by atoms with E-state index in [4.69, 9.17) is 0 Å². The van der Waals surface area contributed by atoms with Crippen LogP contribution in [-0.4, -0.2) is 38.7 Å². The van der Waals surface area contributed by atoms with Gasteiger partial charge in [0, 0.05) is 48.5 Å². The van der Waals surface area contributed by atoms with Crippen molar-refractivity contribution in [3.63, 3.8) is 0 Å². The van der Waals surface area contributed by atoms with E-state index in [0.717, 1.165) is 41.0 Å². The van der Waals surface area contributed by atoms with Gasteiger partial charge in [-0.1, -0.05) is 18.2 Å². The molecule has 1 amide bonds. The number of amides is 1. The molecule has 0 spiro atoms. The molecule has 1 aromatic carbocycles. The molecule has 0 bridgehead atoms. The summed E-state index contributed by atoms with van der Waals surface area (Å²) in [6.45, 7) is 1.62. The number of likely N-dealkylation sites (tertiary alicyclic amines) is 1. The van der Waals surface area contributed by atoms with Crippen LogP contribution >= 0.6 is 11.3 Å². The number of nitrogens with one attached hydrogen (secondary N) is 1. The molecular formula is C20H20N4OS. The van der Waals surface area contributed by atoms with Crippen molar-refractivity contribution in [1.82, 2.24) is 19.7 Å². The van der Waals surface area contributed by atoms with Gasteiger partial charge >= 0.3 is 0 Å². The van der Waals surface area contributed by atoms with E-state index < -0.39 is 0 Å². The van der Waals surface area contributed by atoms with Gasteiger partial charge in [0.2, 0.25) is 0 Å². The number of thiophene rings is 1. The fourth-order valence-corrected chi connectivity index (χ4v) is 5.07. The molecular weight excluding hydrogens is 344 g/mol. The van der Waals surface area contributed by atoms with Crippen molar-refractivity contribution in [2.24, 2.45) is 7.05 Å². The standard InChI is InChI=1S/C20H20N4OS/c1-23-20-14(10-22-23)9-18(26-20)19(25)24-8-4-5-13(12-24)16-11-21-17-7-3-2-6-15(16)17/h2-3,6-7,9-11,13,21H,4-5,8,12H2,1H3. The van der Waals surface area contributed by atoms with Crippen LogP contribution in [0.2, 0.25) is 0 Å². The van der Waals surface area contributed by atoms with Crippen LogP contribution in [0.25, 0.3) is 21.1 Å². The number of nitrogens with zero attached hydrogens (tertiary/aromatic N) is 3. The van der Waals surface area contributed by atoms with E-state index in [9.17, 15) is 4.79 Å². The monoisotopic (exact) mass is 364 g/mol. The SMILES string of the molecule is Cn1ncc2cc(C(=O)N3CCCC(c4c[nH]c5ccccc45)C3)sc21. The summed E-state index contributed by atoms with van der Waals surface area (Å²) in [5, 5.41) is 6.57. The zero-order valence-corrected chi connectivity index (χ0v) is 15.4. The van der Waals surface area contributed by atoms with Crippen LogP contribution < -0.4 is 0 Å².